The van der Waals surface area contributed by atoms with Crippen LogP contribution >= 0.6 is 11.3 Å². The molecule has 2 aromatic rings. The van der Waals surface area contributed by atoms with Gasteiger partial charge in [-0.3, -0.25) is 0 Å². The van der Waals surface area contributed by atoms with Crippen LogP contribution in [0.4, 0.5) is 10.9 Å². The summed E-state index contributed by atoms with van der Waals surface area (Å²) in [5.41, 5.74) is 0.166. The number of carbonyl (C=O) groups is 1. The lowest BCUT2D eigenvalue weighted by Crippen LogP contribution is -1.98. The third kappa shape index (κ3) is 2.29. The van der Waals surface area contributed by atoms with Crippen molar-refractivity contribution in [1.29, 1.82) is 0 Å². The SMILES string of the molecule is O=C(O)c1ccc(Nc2nccs2)nc1. The Hall–Kier alpha value is -1.95. The van der Waals surface area contributed by atoms with Gasteiger partial charge in [-0.25, -0.2) is 14.8 Å². The first kappa shape index (κ1) is 9.60. The molecule has 0 aliphatic rings. The highest BCUT2D eigenvalue weighted by molar-refractivity contribution is 7.13. The van der Waals surface area contributed by atoms with Crippen LogP contribution in [0.1, 0.15) is 10.4 Å². The lowest BCUT2D eigenvalue weighted by atomic mass is 10.3. The van der Waals surface area contributed by atoms with Crippen LogP contribution in [0.25, 0.3) is 0 Å². The molecule has 0 radical (unpaired) electrons. The summed E-state index contributed by atoms with van der Waals surface area (Å²) in [6.45, 7) is 0. The molecule has 0 saturated heterocycles. The highest BCUT2D eigenvalue weighted by atomic mass is 32.1. The fourth-order valence-electron chi connectivity index (χ4n) is 0.989. The Labute approximate surface area is 89.4 Å². The summed E-state index contributed by atoms with van der Waals surface area (Å²) >= 11 is 1.45. The molecule has 0 saturated carbocycles. The Morgan fingerprint density at radius 2 is 2.27 bits per heavy atom. The van der Waals surface area contributed by atoms with Gasteiger partial charge >= 0.3 is 5.97 Å². The average molecular weight is 221 g/mol. The first-order valence-corrected chi connectivity index (χ1v) is 4.99. The van der Waals surface area contributed by atoms with Crippen molar-refractivity contribution in [3.8, 4) is 0 Å². The standard InChI is InChI=1S/C9H7N3O2S/c13-8(14)6-1-2-7(11-5-6)12-9-10-3-4-15-9/h1-5H,(H,13,14)(H,10,11,12). The number of hydrogen-bond donors (Lipinski definition) is 2. The Morgan fingerprint density at radius 1 is 1.40 bits per heavy atom. The van der Waals surface area contributed by atoms with E-state index in [9.17, 15) is 4.79 Å². The number of anilines is 2. The quantitative estimate of drug-likeness (QED) is 0.828. The van der Waals surface area contributed by atoms with Crippen molar-refractivity contribution in [3.05, 3.63) is 35.5 Å². The zero-order valence-electron chi connectivity index (χ0n) is 7.54. The number of hydrogen-bond acceptors (Lipinski definition) is 5. The highest BCUT2D eigenvalue weighted by Crippen LogP contribution is 2.16. The minimum atomic E-state index is -0.983. The van der Waals surface area contributed by atoms with Gasteiger partial charge in [-0.05, 0) is 12.1 Å². The Morgan fingerprint density at radius 3 is 2.80 bits per heavy atom. The summed E-state index contributed by atoms with van der Waals surface area (Å²) in [5.74, 6) is -0.404. The number of pyridine rings is 1. The molecule has 0 aliphatic heterocycles. The van der Waals surface area contributed by atoms with Crippen molar-refractivity contribution in [3.63, 3.8) is 0 Å². The van der Waals surface area contributed by atoms with E-state index >= 15 is 0 Å². The van der Waals surface area contributed by atoms with Gasteiger partial charge in [0.1, 0.15) is 5.82 Å². The molecule has 0 unspecified atom stereocenters. The number of nitrogens with one attached hydrogen (secondary N) is 1. The largest absolute Gasteiger partial charge is 0.478 e. The molecule has 0 amide bonds. The van der Waals surface area contributed by atoms with Crippen molar-refractivity contribution >= 4 is 28.3 Å². The minimum absolute atomic E-state index is 0.166. The molecule has 76 valence electrons. The normalized spacial score (nSPS) is 9.87. The van der Waals surface area contributed by atoms with Crippen LogP contribution in [0.5, 0.6) is 0 Å². The second kappa shape index (κ2) is 4.05. The molecule has 5 nitrogen and oxygen atoms in total. The summed E-state index contributed by atoms with van der Waals surface area (Å²) in [4.78, 5) is 18.5. The average Bonchev–Trinajstić information content (AvgIpc) is 2.71. The molecule has 0 aliphatic carbocycles. The second-order valence-electron chi connectivity index (χ2n) is 2.70. The predicted octanol–water partition coefficient (Wildman–Crippen LogP) is 1.98. The molecule has 2 aromatic heterocycles. The third-order valence-corrected chi connectivity index (χ3v) is 2.37. The van der Waals surface area contributed by atoms with Gasteiger partial charge in [0.15, 0.2) is 5.13 Å². The Kier molecular flexibility index (Phi) is 2.59. The van der Waals surface area contributed by atoms with E-state index in [2.05, 4.69) is 15.3 Å². The van der Waals surface area contributed by atoms with Crippen LogP contribution in [0, 0.1) is 0 Å². The monoisotopic (exact) mass is 221 g/mol. The summed E-state index contributed by atoms with van der Waals surface area (Å²) in [7, 11) is 0. The summed E-state index contributed by atoms with van der Waals surface area (Å²) < 4.78 is 0. The fraction of sp³-hybridized carbons (Fsp3) is 0. The maximum Gasteiger partial charge on any atom is 0.337 e. The molecular weight excluding hydrogens is 214 g/mol. The molecule has 0 fully saturated rings. The number of aromatic nitrogens is 2. The molecule has 2 heterocycles. The van der Waals surface area contributed by atoms with Crippen molar-refractivity contribution in [2.75, 3.05) is 5.32 Å². The lowest BCUT2D eigenvalue weighted by molar-refractivity contribution is 0.0696. The first-order chi connectivity index (χ1) is 7.25. The zero-order chi connectivity index (χ0) is 10.7. The maximum absolute atomic E-state index is 10.6. The van der Waals surface area contributed by atoms with E-state index in [1.54, 1.807) is 12.3 Å². The fourth-order valence-corrected chi connectivity index (χ4v) is 1.52. The predicted molar refractivity (Wildman–Crippen MR) is 56.6 cm³/mol. The van der Waals surface area contributed by atoms with Crippen molar-refractivity contribution < 1.29 is 9.90 Å². The van der Waals surface area contributed by atoms with E-state index in [0.29, 0.717) is 5.82 Å². The van der Waals surface area contributed by atoms with Crippen LogP contribution in [-0.2, 0) is 0 Å². The molecule has 6 heteroatoms. The van der Waals surface area contributed by atoms with Crippen LogP contribution in [0.15, 0.2) is 29.9 Å². The van der Waals surface area contributed by atoms with Gasteiger partial charge < -0.3 is 10.4 Å². The molecule has 0 spiro atoms. The van der Waals surface area contributed by atoms with Crippen molar-refractivity contribution in [1.82, 2.24) is 9.97 Å². The number of nitrogens with zero attached hydrogens (tertiary/aromatic N) is 2. The van der Waals surface area contributed by atoms with E-state index in [-0.39, 0.29) is 5.56 Å². The molecule has 0 atom stereocenters. The van der Waals surface area contributed by atoms with Gasteiger partial charge in [0.2, 0.25) is 0 Å². The van der Waals surface area contributed by atoms with Gasteiger partial charge in [0.25, 0.3) is 0 Å². The second-order valence-corrected chi connectivity index (χ2v) is 3.59. The minimum Gasteiger partial charge on any atom is -0.478 e. The molecule has 2 N–H and O–H groups in total. The summed E-state index contributed by atoms with van der Waals surface area (Å²) in [6, 6.07) is 3.09. The Bertz CT molecular complexity index is 453. The number of carboxylic acids is 1. The smallest absolute Gasteiger partial charge is 0.337 e. The van der Waals surface area contributed by atoms with Crippen molar-refractivity contribution in [2.24, 2.45) is 0 Å². The topological polar surface area (TPSA) is 75.1 Å². The van der Waals surface area contributed by atoms with Crippen LogP contribution in [-0.4, -0.2) is 21.0 Å². The molecule has 0 aromatic carbocycles. The summed E-state index contributed by atoms with van der Waals surface area (Å²) in [5, 5.41) is 14.2. The van der Waals surface area contributed by atoms with E-state index in [4.69, 9.17) is 5.11 Å². The van der Waals surface area contributed by atoms with Crippen LogP contribution in [0.2, 0.25) is 0 Å². The molecule has 15 heavy (non-hydrogen) atoms. The Balaban J connectivity index is 2.14. The molecular formula is C9H7N3O2S. The van der Waals surface area contributed by atoms with Gasteiger partial charge in [-0.2, -0.15) is 0 Å². The van der Waals surface area contributed by atoms with E-state index in [1.807, 2.05) is 5.38 Å². The van der Waals surface area contributed by atoms with E-state index < -0.39 is 5.97 Å². The number of rotatable bonds is 3. The van der Waals surface area contributed by atoms with Gasteiger partial charge in [-0.15, -0.1) is 11.3 Å². The summed E-state index contributed by atoms with van der Waals surface area (Å²) in [6.07, 6.45) is 2.98. The van der Waals surface area contributed by atoms with E-state index in [0.717, 1.165) is 5.13 Å². The highest BCUT2D eigenvalue weighted by Gasteiger charge is 2.03. The third-order valence-electron chi connectivity index (χ3n) is 1.68. The van der Waals surface area contributed by atoms with Gasteiger partial charge in [0, 0.05) is 17.8 Å². The van der Waals surface area contributed by atoms with Crippen LogP contribution < -0.4 is 5.32 Å². The lowest BCUT2D eigenvalue weighted by Gasteiger charge is -2.00. The number of carboxylic acid groups (broad SMARTS) is 1. The van der Waals surface area contributed by atoms with Crippen LogP contribution in [0.3, 0.4) is 0 Å². The van der Waals surface area contributed by atoms with Gasteiger partial charge in [-0.1, -0.05) is 0 Å². The first-order valence-electron chi connectivity index (χ1n) is 4.11. The maximum atomic E-state index is 10.6. The number of aromatic carboxylic acids is 1. The van der Waals surface area contributed by atoms with E-state index in [1.165, 1.54) is 23.6 Å². The zero-order valence-corrected chi connectivity index (χ0v) is 8.36. The van der Waals surface area contributed by atoms with Gasteiger partial charge in [0.05, 0.1) is 5.56 Å². The molecule has 0 bridgehead atoms. The number of thiazole rings is 1. The molecule has 2 rings (SSSR count). The van der Waals surface area contributed by atoms with Crippen molar-refractivity contribution in [2.45, 2.75) is 0 Å².